The molecule has 1 aromatic carbocycles. The number of aliphatic hydroxyl groups excluding tert-OH is 1. The van der Waals surface area contributed by atoms with E-state index in [0.29, 0.717) is 29.9 Å². The summed E-state index contributed by atoms with van der Waals surface area (Å²) in [6.07, 6.45) is 2.91. The zero-order valence-corrected chi connectivity index (χ0v) is 19.4. The topological polar surface area (TPSA) is 92.8 Å². The third kappa shape index (κ3) is 5.05. The highest BCUT2D eigenvalue weighted by atomic mass is 35.5. The zero-order valence-electron chi connectivity index (χ0n) is 17.1. The molecule has 166 valence electrons. The molecule has 0 saturated carbocycles. The number of aliphatic hydroxyl groups is 1. The minimum Gasteiger partial charge on any atom is -0.395 e. The van der Waals surface area contributed by atoms with Crippen LogP contribution in [-0.4, -0.2) is 96.6 Å². The number of aromatic amines is 1. The highest BCUT2D eigenvalue weighted by Gasteiger charge is 2.26. The monoisotopic (exact) mass is 473 g/mol. The van der Waals surface area contributed by atoms with Gasteiger partial charge >= 0.3 is 0 Å². The van der Waals surface area contributed by atoms with Crippen LogP contribution in [0, 0.1) is 0 Å². The molecule has 0 spiro atoms. The average molecular weight is 474 g/mol. The van der Waals surface area contributed by atoms with Gasteiger partial charge in [0.05, 0.1) is 34.6 Å². The van der Waals surface area contributed by atoms with Gasteiger partial charge in [-0.15, -0.1) is 0 Å². The molecule has 0 atom stereocenters. The highest BCUT2D eigenvalue weighted by Crippen LogP contribution is 2.34. The number of thioether (sulfide) groups is 1. The first-order valence-corrected chi connectivity index (χ1v) is 13.3. The summed E-state index contributed by atoms with van der Waals surface area (Å²) < 4.78 is 24.9. The van der Waals surface area contributed by atoms with E-state index in [1.54, 1.807) is 16.1 Å². The number of hydrogen-bond acceptors (Lipinski definition) is 7. The van der Waals surface area contributed by atoms with Crippen LogP contribution in [-0.2, 0) is 10.0 Å². The van der Waals surface area contributed by atoms with Gasteiger partial charge in [-0.2, -0.15) is 0 Å². The predicted molar refractivity (Wildman–Crippen MR) is 122 cm³/mol. The Hall–Kier alpha value is -1.04. The normalized spacial score (nSPS) is 20.3. The lowest BCUT2D eigenvalue weighted by atomic mass is 10.2. The van der Waals surface area contributed by atoms with Gasteiger partial charge in [-0.3, -0.25) is 4.90 Å². The number of rotatable bonds is 6. The Morgan fingerprint density at radius 2 is 1.90 bits per heavy atom. The van der Waals surface area contributed by atoms with Crippen molar-refractivity contribution in [2.75, 3.05) is 63.6 Å². The van der Waals surface area contributed by atoms with Crippen molar-refractivity contribution in [2.45, 2.75) is 23.2 Å². The van der Waals surface area contributed by atoms with Crippen molar-refractivity contribution in [1.29, 1.82) is 0 Å². The third-order valence-corrected chi connectivity index (χ3v) is 8.63. The molecule has 2 aliphatic heterocycles. The fraction of sp³-hybridized carbons (Fsp3) is 0.632. The fourth-order valence-electron chi connectivity index (χ4n) is 4.09. The van der Waals surface area contributed by atoms with E-state index < -0.39 is 10.0 Å². The van der Waals surface area contributed by atoms with Crippen LogP contribution in [0.3, 0.4) is 0 Å². The molecule has 2 aliphatic rings. The Morgan fingerprint density at radius 3 is 2.53 bits per heavy atom. The minimum absolute atomic E-state index is 0.188. The Bertz CT molecular complexity index is 983. The van der Waals surface area contributed by atoms with Crippen LogP contribution in [0.5, 0.6) is 0 Å². The number of hydrogen-bond donors (Lipinski definition) is 2. The fourth-order valence-corrected chi connectivity index (χ4v) is 6.33. The molecule has 2 N–H and O–H groups in total. The average Bonchev–Trinajstić information content (AvgIpc) is 3.09. The van der Waals surface area contributed by atoms with Crippen LogP contribution in [0.2, 0.25) is 5.02 Å². The number of sulfonamides is 1. The van der Waals surface area contributed by atoms with Crippen LogP contribution < -0.4 is 4.90 Å². The third-order valence-electron chi connectivity index (χ3n) is 5.81. The summed E-state index contributed by atoms with van der Waals surface area (Å²) in [7, 11) is -3.10. The summed E-state index contributed by atoms with van der Waals surface area (Å²) in [6.45, 7) is 5.58. The number of imidazole rings is 1. The van der Waals surface area contributed by atoms with Crippen molar-refractivity contribution >= 4 is 50.1 Å². The molecule has 0 amide bonds. The van der Waals surface area contributed by atoms with Crippen molar-refractivity contribution < 1.29 is 13.5 Å². The van der Waals surface area contributed by atoms with Crippen molar-refractivity contribution in [3.05, 3.63) is 17.2 Å². The molecule has 2 saturated heterocycles. The van der Waals surface area contributed by atoms with E-state index >= 15 is 0 Å². The number of anilines is 1. The maximum atomic E-state index is 11.7. The molecule has 30 heavy (non-hydrogen) atoms. The lowest BCUT2D eigenvalue weighted by Crippen LogP contribution is -2.47. The van der Waals surface area contributed by atoms with Crippen LogP contribution in [0.15, 0.2) is 17.3 Å². The minimum atomic E-state index is -3.10. The first kappa shape index (κ1) is 22.2. The SMILES string of the molecule is CS(=O)(=O)N1CCC(Sc2nc3cc(N4CCN(CCO)CC4)c(Cl)cc3[nH]2)CC1. The van der Waals surface area contributed by atoms with Gasteiger partial charge in [0.2, 0.25) is 10.0 Å². The summed E-state index contributed by atoms with van der Waals surface area (Å²) >= 11 is 8.26. The molecule has 8 nitrogen and oxygen atoms in total. The van der Waals surface area contributed by atoms with Crippen LogP contribution >= 0.6 is 23.4 Å². The van der Waals surface area contributed by atoms with Crippen LogP contribution in [0.25, 0.3) is 11.0 Å². The highest BCUT2D eigenvalue weighted by molar-refractivity contribution is 7.99. The van der Waals surface area contributed by atoms with Gasteiger partial charge in [0.15, 0.2) is 5.16 Å². The van der Waals surface area contributed by atoms with E-state index in [4.69, 9.17) is 21.7 Å². The number of aromatic nitrogens is 2. The molecule has 1 aromatic heterocycles. The molecule has 2 aromatic rings. The van der Waals surface area contributed by atoms with Gasteiger partial charge in [0, 0.05) is 51.1 Å². The molecule has 2 fully saturated rings. The number of nitrogens with zero attached hydrogens (tertiary/aromatic N) is 4. The van der Waals surface area contributed by atoms with Gasteiger partial charge in [0.1, 0.15) is 0 Å². The second-order valence-electron chi connectivity index (χ2n) is 7.89. The summed E-state index contributed by atoms with van der Waals surface area (Å²) in [5.74, 6) is 0. The molecule has 11 heteroatoms. The molecule has 0 aliphatic carbocycles. The number of piperazine rings is 1. The standard InChI is InChI=1S/C19H28ClN5O3S2/c1-30(27,28)25-4-2-14(3-5-25)29-19-21-16-12-15(20)18(13-17(16)22-19)24-8-6-23(7-9-24)10-11-26/h12-14,26H,2-11H2,1H3,(H,21,22). The Kier molecular flexibility index (Phi) is 6.81. The second-order valence-corrected chi connectivity index (χ2v) is 11.6. The maximum Gasteiger partial charge on any atom is 0.211 e. The molecular formula is C19H28ClN5O3S2. The maximum absolute atomic E-state index is 11.7. The molecule has 0 bridgehead atoms. The van der Waals surface area contributed by atoms with Crippen molar-refractivity contribution in [1.82, 2.24) is 19.2 Å². The lowest BCUT2D eigenvalue weighted by Gasteiger charge is -2.36. The molecule has 4 rings (SSSR count). The van der Waals surface area contributed by atoms with Gasteiger partial charge < -0.3 is 15.0 Å². The van der Waals surface area contributed by atoms with Gasteiger partial charge in [0.25, 0.3) is 0 Å². The van der Waals surface area contributed by atoms with Gasteiger partial charge in [-0.05, 0) is 25.0 Å². The summed E-state index contributed by atoms with van der Waals surface area (Å²) in [4.78, 5) is 12.6. The van der Waals surface area contributed by atoms with E-state index in [1.807, 2.05) is 12.1 Å². The number of benzene rings is 1. The number of β-amino-alcohol motifs (C(OH)–C–C–N with tert-alkyl or cyclic N) is 1. The smallest absolute Gasteiger partial charge is 0.211 e. The lowest BCUT2D eigenvalue weighted by molar-refractivity contribution is 0.189. The summed E-state index contributed by atoms with van der Waals surface area (Å²) in [5, 5.41) is 11.0. The number of nitrogens with one attached hydrogen (secondary N) is 1. The van der Waals surface area contributed by atoms with Gasteiger partial charge in [-0.1, -0.05) is 23.4 Å². The summed E-state index contributed by atoms with van der Waals surface area (Å²) in [5.41, 5.74) is 2.80. The Balaban J connectivity index is 1.43. The Morgan fingerprint density at radius 1 is 1.20 bits per heavy atom. The first-order valence-electron chi connectivity index (χ1n) is 10.2. The number of piperidine rings is 1. The number of halogens is 1. The number of fused-ring (bicyclic) bond motifs is 1. The largest absolute Gasteiger partial charge is 0.395 e. The number of H-pyrrole nitrogens is 1. The summed E-state index contributed by atoms with van der Waals surface area (Å²) in [6, 6.07) is 3.99. The van der Waals surface area contributed by atoms with Crippen LogP contribution in [0.1, 0.15) is 12.8 Å². The molecule has 0 unspecified atom stereocenters. The quantitative estimate of drug-likeness (QED) is 0.661. The predicted octanol–water partition coefficient (Wildman–Crippen LogP) is 1.85. The van der Waals surface area contributed by atoms with E-state index in [2.05, 4.69) is 14.8 Å². The van der Waals surface area contributed by atoms with Crippen molar-refractivity contribution in [2.24, 2.45) is 0 Å². The van der Waals surface area contributed by atoms with E-state index in [0.717, 1.165) is 60.9 Å². The first-order chi connectivity index (χ1) is 14.3. The van der Waals surface area contributed by atoms with Crippen molar-refractivity contribution in [3.63, 3.8) is 0 Å². The van der Waals surface area contributed by atoms with Crippen molar-refractivity contribution in [3.8, 4) is 0 Å². The Labute approximate surface area is 186 Å². The van der Waals surface area contributed by atoms with E-state index in [-0.39, 0.29) is 6.61 Å². The van der Waals surface area contributed by atoms with E-state index in [9.17, 15) is 8.42 Å². The van der Waals surface area contributed by atoms with Crippen LogP contribution in [0.4, 0.5) is 5.69 Å². The van der Waals surface area contributed by atoms with Gasteiger partial charge in [-0.25, -0.2) is 17.7 Å². The molecule has 3 heterocycles. The zero-order chi connectivity index (χ0) is 21.3. The van der Waals surface area contributed by atoms with E-state index in [1.165, 1.54) is 6.26 Å². The molecular weight excluding hydrogens is 446 g/mol. The second kappa shape index (κ2) is 9.22. The molecule has 0 radical (unpaired) electrons.